The van der Waals surface area contributed by atoms with Crippen LogP contribution in [0.5, 0.6) is 0 Å². The summed E-state index contributed by atoms with van der Waals surface area (Å²) >= 11 is 0. The second-order valence-corrected chi connectivity index (χ2v) is 19.4. The first-order chi connectivity index (χ1) is 32.1. The Morgan fingerprint density at radius 1 is 1.07 bits per heavy atom. The van der Waals surface area contributed by atoms with Gasteiger partial charge in [0.1, 0.15) is 18.1 Å². The summed E-state index contributed by atoms with van der Waals surface area (Å²) in [7, 11) is 4.96. The minimum absolute atomic E-state index is 0.0610. The van der Waals surface area contributed by atoms with E-state index in [1.807, 2.05) is 39.0 Å². The number of hydrazine groups is 1. The Bertz CT molecular complexity index is 2500. The monoisotopic (exact) mass is 917 g/mol. The van der Waals surface area contributed by atoms with Gasteiger partial charge in [0.2, 0.25) is 11.8 Å². The van der Waals surface area contributed by atoms with Crippen molar-refractivity contribution in [3.8, 4) is 22.4 Å². The number of cyclic esters (lactones) is 1. The van der Waals surface area contributed by atoms with Crippen molar-refractivity contribution in [3.05, 3.63) is 77.6 Å². The lowest BCUT2D eigenvalue weighted by Gasteiger charge is -2.39. The predicted octanol–water partition coefficient (Wildman–Crippen LogP) is 6.83. The lowest BCUT2D eigenvalue weighted by atomic mass is 9.79. The number of aryl methyl sites for hydroxylation is 1. The van der Waals surface area contributed by atoms with Crippen LogP contribution in [0.1, 0.15) is 90.2 Å². The summed E-state index contributed by atoms with van der Waals surface area (Å²) in [6.45, 7) is 14.3. The highest BCUT2D eigenvalue weighted by atomic mass is 16.5. The van der Waals surface area contributed by atoms with Crippen molar-refractivity contribution in [1.82, 2.24) is 30.2 Å². The first-order valence-electron chi connectivity index (χ1n) is 23.8. The molecule has 15 heteroatoms. The third kappa shape index (κ3) is 11.0. The molecule has 3 amide bonds. The topological polar surface area (TPSA) is 169 Å². The van der Waals surface area contributed by atoms with Crippen molar-refractivity contribution in [3.63, 3.8) is 0 Å². The maximum absolute atomic E-state index is 14.7. The molecule has 2 N–H and O–H groups in total. The molecule has 2 fully saturated rings. The molecule has 67 heavy (non-hydrogen) atoms. The molecule has 6 bridgehead atoms. The number of amides is 3. The fraction of sp³-hybridized carbons (Fsp3) is 0.538. The minimum Gasteiger partial charge on any atom is -0.464 e. The van der Waals surface area contributed by atoms with Gasteiger partial charge in [0.25, 0.3) is 5.91 Å². The Balaban J connectivity index is 1.24. The molecule has 1 saturated heterocycles. The third-order valence-electron chi connectivity index (χ3n) is 13.5. The van der Waals surface area contributed by atoms with E-state index in [2.05, 4.69) is 88.5 Å². The predicted molar refractivity (Wildman–Crippen MR) is 258 cm³/mol. The molecule has 0 radical (unpaired) electrons. The quantitative estimate of drug-likeness (QED) is 0.0830. The minimum atomic E-state index is -1.02. The van der Waals surface area contributed by atoms with E-state index in [0.717, 1.165) is 50.1 Å². The highest BCUT2D eigenvalue weighted by Crippen LogP contribution is 2.42. The first-order valence-corrected chi connectivity index (χ1v) is 23.8. The molecule has 1 saturated carbocycles. The van der Waals surface area contributed by atoms with E-state index in [-0.39, 0.29) is 48.8 Å². The number of aliphatic imine (C=N–C) groups is 2. The number of nitrogens with zero attached hydrogens (tertiary/aromatic N) is 6. The second-order valence-electron chi connectivity index (χ2n) is 19.4. The Hall–Kier alpha value is -5.73. The highest BCUT2D eigenvalue weighted by Gasteiger charge is 2.42. The summed E-state index contributed by atoms with van der Waals surface area (Å²) in [5, 5.41) is 5.63. The fourth-order valence-corrected chi connectivity index (χ4v) is 9.80. The van der Waals surface area contributed by atoms with Gasteiger partial charge >= 0.3 is 5.97 Å². The molecule has 358 valence electrons. The molecule has 0 spiro atoms. The number of carbonyl (C=O) groups is 4. The van der Waals surface area contributed by atoms with Gasteiger partial charge in [0.15, 0.2) is 0 Å². The zero-order valence-electron chi connectivity index (χ0n) is 40.6. The molecule has 4 heterocycles. The van der Waals surface area contributed by atoms with Crippen molar-refractivity contribution in [1.29, 1.82) is 0 Å². The van der Waals surface area contributed by atoms with Crippen LogP contribution in [0, 0.1) is 17.3 Å². The Morgan fingerprint density at radius 2 is 1.85 bits per heavy atom. The Kier molecular flexibility index (Phi) is 15.8. The van der Waals surface area contributed by atoms with Crippen LogP contribution >= 0.6 is 0 Å². The molecule has 2 aliphatic heterocycles. The summed E-state index contributed by atoms with van der Waals surface area (Å²) in [5.74, 6) is -1.94. The Labute approximate surface area is 394 Å². The molecule has 7 rings (SSSR count). The molecule has 2 aromatic heterocycles. The number of fused-ring (bicyclic) bond motifs is 6. The van der Waals surface area contributed by atoms with Crippen molar-refractivity contribution in [2.75, 3.05) is 47.6 Å². The van der Waals surface area contributed by atoms with Crippen LogP contribution < -0.4 is 10.7 Å². The molecular weight excluding hydrogens is 849 g/mol. The highest BCUT2D eigenvalue weighted by molar-refractivity contribution is 5.96. The first kappa shape index (κ1) is 49.2. The second kappa shape index (κ2) is 21.5. The molecule has 1 aliphatic carbocycles. The van der Waals surface area contributed by atoms with E-state index < -0.39 is 35.4 Å². The van der Waals surface area contributed by atoms with Gasteiger partial charge in [-0.3, -0.25) is 29.2 Å². The van der Waals surface area contributed by atoms with E-state index in [9.17, 15) is 19.2 Å². The number of likely N-dealkylation sites (N-methyl/N-ethyl adjacent to an activating group) is 1. The molecule has 4 atom stereocenters. The average Bonchev–Trinajstić information content (AvgIpc) is 3.61. The molecule has 4 aromatic rings. The SMILES string of the molecule is CCn1c(-c2cccnc2[C@H](C)OC)c2c3cc(ccc31)-c1cccc(c1)C[C@H](NC(=O)[C@H](C(C)C)N(C)C(=O)C1CC(N=C=NCCOC)C1)C(=O)N1CCC[C@H](N1)C(=O)OCC(C)(C)C2. The summed E-state index contributed by atoms with van der Waals surface area (Å²) in [6, 6.07) is 18.7. The summed E-state index contributed by atoms with van der Waals surface area (Å²) in [6.07, 6.45) is 4.44. The number of nitrogens with one attached hydrogen (secondary N) is 2. The largest absolute Gasteiger partial charge is 0.464 e. The van der Waals surface area contributed by atoms with Crippen molar-refractivity contribution in [2.24, 2.45) is 27.2 Å². The van der Waals surface area contributed by atoms with E-state index in [1.165, 1.54) is 9.91 Å². The molecule has 15 nitrogen and oxygen atoms in total. The number of hydrogen-bond donors (Lipinski definition) is 2. The van der Waals surface area contributed by atoms with Gasteiger partial charge in [-0.2, -0.15) is 0 Å². The van der Waals surface area contributed by atoms with Gasteiger partial charge in [0.05, 0.1) is 49.3 Å². The standard InChI is InChI=1S/C52H68N8O7/c1-10-59-44-19-18-36-28-40(44)41(47(59)39-16-12-20-54-45(39)33(4)66-9)29-52(5,6)30-67-51(64)42-17-13-22-60(57-42)50(63)43(25-34-14-11-15-35(36)24-34)56-48(61)46(32(2)3)58(7)49(62)37-26-38(27-37)55-31-53-21-23-65-8/h11-12,14-16,18-20,24,28,32-33,37-38,42-43,46,57H,10,13,17,21-23,25-27,29-30H2,1-9H3,(H,56,61)/t33-,37?,38?,42-,43-,46-/m0/s1. The van der Waals surface area contributed by atoms with E-state index in [1.54, 1.807) is 27.5 Å². The van der Waals surface area contributed by atoms with Gasteiger partial charge in [-0.05, 0) is 98.4 Å². The number of benzene rings is 2. The number of esters is 1. The van der Waals surface area contributed by atoms with E-state index in [0.29, 0.717) is 58.3 Å². The van der Waals surface area contributed by atoms with Crippen LogP contribution in [-0.4, -0.2) is 121 Å². The van der Waals surface area contributed by atoms with Crippen LogP contribution in [0.2, 0.25) is 0 Å². The zero-order valence-corrected chi connectivity index (χ0v) is 40.6. The van der Waals surface area contributed by atoms with Gasteiger partial charge in [0, 0.05) is 74.8 Å². The van der Waals surface area contributed by atoms with Crippen LogP contribution in [0.4, 0.5) is 0 Å². The molecule has 2 aromatic carbocycles. The molecule has 3 aliphatic rings. The number of carbonyl (C=O) groups excluding carboxylic acids is 4. The third-order valence-corrected chi connectivity index (χ3v) is 13.5. The normalized spacial score (nSPS) is 21.6. The lowest BCUT2D eigenvalue weighted by molar-refractivity contribution is -0.155. The number of rotatable bonds is 13. The van der Waals surface area contributed by atoms with Gasteiger partial charge < -0.3 is 29.0 Å². The van der Waals surface area contributed by atoms with Gasteiger partial charge in [-0.15, -0.1) is 0 Å². The summed E-state index contributed by atoms with van der Waals surface area (Å²) in [5.41, 5.74) is 10.6. The van der Waals surface area contributed by atoms with Crippen LogP contribution in [0.25, 0.3) is 33.3 Å². The number of hydrogen-bond acceptors (Lipinski definition) is 11. The number of aromatic nitrogens is 2. The Morgan fingerprint density at radius 3 is 2.58 bits per heavy atom. The average molecular weight is 917 g/mol. The van der Waals surface area contributed by atoms with Crippen LogP contribution in [0.15, 0.2) is 70.8 Å². The maximum Gasteiger partial charge on any atom is 0.324 e. The van der Waals surface area contributed by atoms with E-state index >= 15 is 0 Å². The molecular formula is C52H68N8O7. The van der Waals surface area contributed by atoms with Crippen LogP contribution in [0.3, 0.4) is 0 Å². The lowest BCUT2D eigenvalue weighted by Crippen LogP contribution is -2.62. The zero-order chi connectivity index (χ0) is 48.0. The van der Waals surface area contributed by atoms with E-state index in [4.69, 9.17) is 19.2 Å². The number of methoxy groups -OCH3 is 2. The summed E-state index contributed by atoms with van der Waals surface area (Å²) < 4.78 is 19.3. The smallest absolute Gasteiger partial charge is 0.324 e. The van der Waals surface area contributed by atoms with Crippen molar-refractivity contribution >= 4 is 40.6 Å². The number of pyridine rings is 1. The van der Waals surface area contributed by atoms with Gasteiger partial charge in [-0.1, -0.05) is 58.0 Å². The molecule has 0 unspecified atom stereocenters. The maximum atomic E-state index is 14.7. The van der Waals surface area contributed by atoms with Crippen molar-refractivity contribution in [2.45, 2.75) is 117 Å². The van der Waals surface area contributed by atoms with Crippen LogP contribution in [-0.2, 0) is 52.8 Å². The fourth-order valence-electron chi connectivity index (χ4n) is 9.80. The van der Waals surface area contributed by atoms with Crippen molar-refractivity contribution < 1.29 is 33.4 Å². The number of ether oxygens (including phenoxy) is 3. The summed E-state index contributed by atoms with van der Waals surface area (Å²) in [4.78, 5) is 71.8. The van der Waals surface area contributed by atoms with Gasteiger partial charge in [-0.25, -0.2) is 15.4 Å².